The zero-order chi connectivity index (χ0) is 39.9. The van der Waals surface area contributed by atoms with E-state index >= 15 is 0 Å². The van der Waals surface area contributed by atoms with E-state index < -0.39 is 18.1 Å². The SMILES string of the molecule is [2H]c1c([2H])c([2H])c(-c2nc3ccccc3n2-c2cccc(-c3c4ccccc4c(-c4ccc5sc6ccccc6c5c4)c4cc(-c5ccccc5)ccc34)c2)c([2H])c1[2H]. The molecule has 0 amide bonds. The highest BCUT2D eigenvalue weighted by molar-refractivity contribution is 7.25. The number of benzene rings is 9. The maximum atomic E-state index is 8.88. The van der Waals surface area contributed by atoms with Gasteiger partial charge in [0.2, 0.25) is 0 Å². The maximum absolute atomic E-state index is 8.88. The fraction of sp³-hybridized carbons (Fsp3) is 0. The predicted molar refractivity (Wildman–Crippen MR) is 231 cm³/mol. The van der Waals surface area contributed by atoms with Crippen LogP contribution >= 0.6 is 11.3 Å². The van der Waals surface area contributed by atoms with Gasteiger partial charge in [-0.3, -0.25) is 4.57 Å². The second-order valence-electron chi connectivity index (χ2n) is 13.5. The molecule has 54 heavy (non-hydrogen) atoms. The predicted octanol–water partition coefficient (Wildman–Crippen LogP) is 14.4. The fourth-order valence-corrected chi connectivity index (χ4v) is 9.20. The number of thiophene rings is 1. The van der Waals surface area contributed by atoms with Crippen LogP contribution in [0.5, 0.6) is 0 Å². The van der Waals surface area contributed by atoms with E-state index in [1.165, 1.54) is 25.7 Å². The molecule has 0 saturated carbocycles. The first kappa shape index (κ1) is 26.0. The van der Waals surface area contributed by atoms with Crippen LogP contribution in [0.1, 0.15) is 6.85 Å². The third-order valence-corrected chi connectivity index (χ3v) is 11.6. The highest BCUT2D eigenvalue weighted by Crippen LogP contribution is 2.47. The van der Waals surface area contributed by atoms with Crippen LogP contribution in [0.4, 0.5) is 0 Å². The summed E-state index contributed by atoms with van der Waals surface area (Å²) in [6.07, 6.45) is 0. The van der Waals surface area contributed by atoms with Gasteiger partial charge in [0.1, 0.15) is 5.82 Å². The first-order valence-corrected chi connectivity index (χ1v) is 18.8. The van der Waals surface area contributed by atoms with Crippen molar-refractivity contribution in [3.8, 4) is 50.5 Å². The average Bonchev–Trinajstić information content (AvgIpc) is 3.85. The van der Waals surface area contributed by atoms with Crippen molar-refractivity contribution in [1.82, 2.24) is 9.55 Å². The zero-order valence-electron chi connectivity index (χ0n) is 33.9. The van der Waals surface area contributed by atoms with Crippen LogP contribution in [-0.2, 0) is 0 Å². The van der Waals surface area contributed by atoms with E-state index in [1.54, 1.807) is 0 Å². The van der Waals surface area contributed by atoms with Gasteiger partial charge in [-0.15, -0.1) is 11.3 Å². The van der Waals surface area contributed by atoms with Gasteiger partial charge in [-0.2, -0.15) is 0 Å². The molecule has 0 aliphatic rings. The van der Waals surface area contributed by atoms with Gasteiger partial charge < -0.3 is 0 Å². The largest absolute Gasteiger partial charge is 0.292 e. The zero-order valence-corrected chi connectivity index (χ0v) is 29.7. The van der Waals surface area contributed by atoms with Gasteiger partial charge >= 0.3 is 0 Å². The van der Waals surface area contributed by atoms with Crippen LogP contribution in [0, 0.1) is 0 Å². The minimum absolute atomic E-state index is 0.0571. The van der Waals surface area contributed by atoms with E-state index in [2.05, 4.69) is 121 Å². The maximum Gasteiger partial charge on any atom is 0.145 e. The Bertz CT molecular complexity index is 3490. The molecule has 0 spiro atoms. The molecule has 11 rings (SSSR count). The number of nitrogens with zero attached hydrogens (tertiary/aromatic N) is 2. The van der Waals surface area contributed by atoms with Gasteiger partial charge in [-0.05, 0) is 103 Å². The molecule has 3 heteroatoms. The molecule has 11 aromatic rings. The molecule has 0 bridgehead atoms. The molecule has 0 atom stereocenters. The second-order valence-corrected chi connectivity index (χ2v) is 14.6. The van der Waals surface area contributed by atoms with Crippen molar-refractivity contribution in [2.75, 3.05) is 0 Å². The monoisotopic (exact) mass is 709 g/mol. The van der Waals surface area contributed by atoms with Crippen molar-refractivity contribution in [3.63, 3.8) is 0 Å². The molecule has 0 N–H and O–H groups in total. The van der Waals surface area contributed by atoms with Gasteiger partial charge in [-0.1, -0.05) is 145 Å². The van der Waals surface area contributed by atoms with Gasteiger partial charge in [0.15, 0.2) is 0 Å². The van der Waals surface area contributed by atoms with E-state index in [-0.39, 0.29) is 23.5 Å². The Labute approximate surface area is 323 Å². The summed E-state index contributed by atoms with van der Waals surface area (Å²) in [6.45, 7) is 0. The highest BCUT2D eigenvalue weighted by atomic mass is 32.1. The molecule has 0 fully saturated rings. The topological polar surface area (TPSA) is 17.8 Å². The minimum atomic E-state index is -0.436. The summed E-state index contributed by atoms with van der Waals surface area (Å²) in [4.78, 5) is 4.91. The Kier molecular flexibility index (Phi) is 5.98. The molecule has 0 radical (unpaired) electrons. The fourth-order valence-electron chi connectivity index (χ4n) is 8.11. The Hall–Kier alpha value is -6.81. The van der Waals surface area contributed by atoms with Gasteiger partial charge in [0.05, 0.1) is 17.9 Å². The van der Waals surface area contributed by atoms with Crippen molar-refractivity contribution >= 4 is 64.1 Å². The Balaban J connectivity index is 1.20. The van der Waals surface area contributed by atoms with Crippen LogP contribution < -0.4 is 0 Å². The minimum Gasteiger partial charge on any atom is -0.292 e. The molecule has 252 valence electrons. The summed E-state index contributed by atoms with van der Waals surface area (Å²) in [6, 6.07) is 55.5. The molecule has 2 aromatic heterocycles. The van der Waals surface area contributed by atoms with E-state index in [0.717, 1.165) is 60.6 Å². The summed E-state index contributed by atoms with van der Waals surface area (Å²) < 4.78 is 47.4. The third-order valence-electron chi connectivity index (χ3n) is 10.5. The Morgan fingerprint density at radius 3 is 1.91 bits per heavy atom. The number of hydrogen-bond acceptors (Lipinski definition) is 2. The van der Waals surface area contributed by atoms with Crippen LogP contribution in [0.3, 0.4) is 0 Å². The van der Waals surface area contributed by atoms with E-state index in [1.807, 2.05) is 58.4 Å². The standard InChI is InChI=1S/C51H32N2S/c1-3-14-33(15-4-1)35-26-28-42-44(31-35)50(37-27-29-48-43(32-37)39-20-9-12-25-47(39)54-48)41-22-8-7-21-40(41)49(42)36-18-13-19-38(30-36)53-46-24-11-10-23-45(46)52-51(53)34-16-5-2-6-17-34/h1-32H/i2D,5D,6D,16D,17D. The van der Waals surface area contributed by atoms with E-state index in [9.17, 15) is 0 Å². The lowest BCUT2D eigenvalue weighted by Crippen LogP contribution is -1.98. The van der Waals surface area contributed by atoms with Crippen LogP contribution in [-0.4, -0.2) is 9.55 Å². The number of rotatable bonds is 5. The molecular formula is C51H32N2S. The molecule has 0 unspecified atom stereocenters. The summed E-state index contributed by atoms with van der Waals surface area (Å²) >= 11 is 1.82. The molecule has 2 nitrogen and oxygen atoms in total. The molecule has 0 aliphatic carbocycles. The molecule has 0 aliphatic heterocycles. The van der Waals surface area contributed by atoms with Crippen LogP contribution in [0.2, 0.25) is 0 Å². The molecule has 2 heterocycles. The van der Waals surface area contributed by atoms with Crippen molar-refractivity contribution in [1.29, 1.82) is 0 Å². The van der Waals surface area contributed by atoms with Crippen LogP contribution in [0.25, 0.3) is 103 Å². The number of aromatic nitrogens is 2. The van der Waals surface area contributed by atoms with Crippen LogP contribution in [0.15, 0.2) is 194 Å². The lowest BCUT2D eigenvalue weighted by molar-refractivity contribution is 1.10. The number of imidazole rings is 1. The van der Waals surface area contributed by atoms with Crippen molar-refractivity contribution in [2.45, 2.75) is 0 Å². The molecule has 0 saturated heterocycles. The summed E-state index contributed by atoms with van der Waals surface area (Å²) in [7, 11) is 0. The van der Waals surface area contributed by atoms with Crippen molar-refractivity contribution in [2.24, 2.45) is 0 Å². The third kappa shape index (κ3) is 4.90. The molecule has 9 aromatic carbocycles. The first-order chi connectivity index (χ1) is 28.9. The normalized spacial score (nSPS) is 13.0. The highest BCUT2D eigenvalue weighted by Gasteiger charge is 2.20. The Morgan fingerprint density at radius 2 is 1.06 bits per heavy atom. The quantitative estimate of drug-likeness (QED) is 0.163. The van der Waals surface area contributed by atoms with Crippen molar-refractivity contribution < 1.29 is 6.85 Å². The van der Waals surface area contributed by atoms with Crippen molar-refractivity contribution in [3.05, 3.63) is 194 Å². The smallest absolute Gasteiger partial charge is 0.145 e. The lowest BCUT2D eigenvalue weighted by atomic mass is 9.84. The van der Waals surface area contributed by atoms with Gasteiger partial charge in [0, 0.05) is 31.4 Å². The van der Waals surface area contributed by atoms with Gasteiger partial charge in [-0.25, -0.2) is 4.98 Å². The average molecular weight is 710 g/mol. The number of hydrogen-bond donors (Lipinski definition) is 0. The summed E-state index contributed by atoms with van der Waals surface area (Å²) in [5.41, 5.74) is 8.90. The first-order valence-electron chi connectivity index (χ1n) is 20.5. The lowest BCUT2D eigenvalue weighted by Gasteiger charge is -2.19. The summed E-state index contributed by atoms with van der Waals surface area (Å²) in [5, 5.41) is 6.99. The number of para-hydroxylation sites is 2. The van der Waals surface area contributed by atoms with E-state index in [4.69, 9.17) is 11.8 Å². The number of fused-ring (bicyclic) bond motifs is 6. The van der Waals surface area contributed by atoms with Gasteiger partial charge in [0.25, 0.3) is 0 Å². The Morgan fingerprint density at radius 1 is 0.426 bits per heavy atom. The van der Waals surface area contributed by atoms with E-state index in [0.29, 0.717) is 5.52 Å². The summed E-state index contributed by atoms with van der Waals surface area (Å²) in [5.74, 6) is 0.286. The molecular weight excluding hydrogens is 673 g/mol. The second kappa shape index (κ2) is 12.4.